The van der Waals surface area contributed by atoms with Crippen molar-refractivity contribution in [3.63, 3.8) is 0 Å². The first-order chi connectivity index (χ1) is 13.4. The molecule has 0 bridgehead atoms. The molecule has 0 fully saturated rings. The minimum absolute atomic E-state index is 0.174. The summed E-state index contributed by atoms with van der Waals surface area (Å²) in [7, 11) is 3.76. The molecule has 2 amide bonds. The summed E-state index contributed by atoms with van der Waals surface area (Å²) in [5.41, 5.74) is 3.55. The zero-order valence-corrected chi connectivity index (χ0v) is 17.0. The first kappa shape index (κ1) is 21.4. The minimum Gasteiger partial charge on any atom is -0.382 e. The fourth-order valence-electron chi connectivity index (χ4n) is 2.71. The largest absolute Gasteiger partial charge is 0.382 e. The molecule has 2 aromatic carbocycles. The second kappa shape index (κ2) is 10.5. The van der Waals surface area contributed by atoms with Gasteiger partial charge in [-0.2, -0.15) is 0 Å². The summed E-state index contributed by atoms with van der Waals surface area (Å²) in [6, 6.07) is 12.7. The summed E-state index contributed by atoms with van der Waals surface area (Å²) in [6.45, 7) is 5.73. The van der Waals surface area contributed by atoms with E-state index in [1.165, 1.54) is 0 Å². The van der Waals surface area contributed by atoms with Crippen LogP contribution in [0.25, 0.3) is 0 Å². The highest BCUT2D eigenvalue weighted by Gasteiger charge is 2.15. The van der Waals surface area contributed by atoms with E-state index in [0.717, 1.165) is 17.7 Å². The molecule has 0 radical (unpaired) electrons. The summed E-state index contributed by atoms with van der Waals surface area (Å²) >= 11 is 0. The van der Waals surface area contributed by atoms with Gasteiger partial charge in [-0.15, -0.1) is 0 Å². The number of hydrogen-bond acceptors (Lipinski definition) is 4. The summed E-state index contributed by atoms with van der Waals surface area (Å²) < 4.78 is 5.29. The molecular weight excluding hydrogens is 354 g/mol. The molecule has 2 rings (SSSR count). The minimum atomic E-state index is -0.208. The van der Waals surface area contributed by atoms with Crippen molar-refractivity contribution >= 4 is 23.2 Å². The molecule has 0 aliphatic carbocycles. The Morgan fingerprint density at radius 1 is 1.04 bits per heavy atom. The average Bonchev–Trinajstić information content (AvgIpc) is 2.68. The summed E-state index contributed by atoms with van der Waals surface area (Å²) in [6.07, 6.45) is 0.751. The zero-order chi connectivity index (χ0) is 20.5. The normalized spacial score (nSPS) is 10.4. The van der Waals surface area contributed by atoms with Crippen LogP contribution in [0.1, 0.15) is 39.6 Å². The van der Waals surface area contributed by atoms with Crippen LogP contribution in [0.5, 0.6) is 0 Å². The van der Waals surface area contributed by atoms with Crippen molar-refractivity contribution < 1.29 is 14.3 Å². The van der Waals surface area contributed by atoms with Crippen molar-refractivity contribution in [1.29, 1.82) is 0 Å². The quantitative estimate of drug-likeness (QED) is 0.651. The van der Waals surface area contributed by atoms with Gasteiger partial charge in [-0.3, -0.25) is 9.59 Å². The Hall–Kier alpha value is -2.86. The number of carbonyl (C=O) groups is 2. The highest BCUT2D eigenvalue weighted by Crippen LogP contribution is 2.23. The second-order valence-electron chi connectivity index (χ2n) is 6.75. The molecule has 0 unspecified atom stereocenters. The summed E-state index contributed by atoms with van der Waals surface area (Å²) in [4.78, 5) is 27.0. The molecule has 0 heterocycles. The van der Waals surface area contributed by atoms with Gasteiger partial charge in [0.25, 0.3) is 11.8 Å². The van der Waals surface area contributed by atoms with E-state index >= 15 is 0 Å². The van der Waals surface area contributed by atoms with Crippen LogP contribution in [0.4, 0.5) is 11.4 Å². The smallest absolute Gasteiger partial charge is 0.255 e. The van der Waals surface area contributed by atoms with E-state index in [4.69, 9.17) is 4.74 Å². The lowest BCUT2D eigenvalue weighted by Crippen LogP contribution is -2.27. The van der Waals surface area contributed by atoms with Crippen LogP contribution in [-0.2, 0) is 4.74 Å². The molecule has 0 atom stereocenters. The highest BCUT2D eigenvalue weighted by molar-refractivity contribution is 6.06. The van der Waals surface area contributed by atoms with Gasteiger partial charge in [0.05, 0.1) is 5.56 Å². The summed E-state index contributed by atoms with van der Waals surface area (Å²) in [5.74, 6) is -0.382. The summed E-state index contributed by atoms with van der Waals surface area (Å²) in [5, 5.41) is 5.78. The van der Waals surface area contributed by atoms with Crippen molar-refractivity contribution in [2.75, 3.05) is 44.1 Å². The molecule has 6 heteroatoms. The van der Waals surface area contributed by atoms with Gasteiger partial charge in [0.1, 0.15) is 0 Å². The Morgan fingerprint density at radius 2 is 1.75 bits per heavy atom. The van der Waals surface area contributed by atoms with Gasteiger partial charge in [0.2, 0.25) is 0 Å². The van der Waals surface area contributed by atoms with E-state index in [0.29, 0.717) is 36.6 Å². The molecule has 28 heavy (non-hydrogen) atoms. The maximum Gasteiger partial charge on any atom is 0.255 e. The van der Waals surface area contributed by atoms with Gasteiger partial charge in [-0.1, -0.05) is 17.7 Å². The van der Waals surface area contributed by atoms with Crippen molar-refractivity contribution in [1.82, 2.24) is 5.32 Å². The second-order valence-corrected chi connectivity index (χ2v) is 6.75. The van der Waals surface area contributed by atoms with Crippen LogP contribution in [-0.4, -0.2) is 45.7 Å². The number of hydrogen-bond donors (Lipinski definition) is 2. The Labute approximate surface area is 166 Å². The fourth-order valence-corrected chi connectivity index (χ4v) is 2.71. The van der Waals surface area contributed by atoms with E-state index in [-0.39, 0.29) is 11.8 Å². The van der Waals surface area contributed by atoms with Crippen molar-refractivity contribution in [2.45, 2.75) is 20.3 Å². The Kier molecular flexibility index (Phi) is 8.02. The van der Waals surface area contributed by atoms with E-state index in [1.807, 2.05) is 51.0 Å². The number of ether oxygens (including phenoxy) is 1. The third-order valence-electron chi connectivity index (χ3n) is 4.25. The predicted molar refractivity (Wildman–Crippen MR) is 113 cm³/mol. The van der Waals surface area contributed by atoms with Gasteiger partial charge in [-0.25, -0.2) is 0 Å². The fraction of sp³-hybridized carbons (Fsp3) is 0.364. The Morgan fingerprint density at radius 3 is 2.39 bits per heavy atom. The molecule has 0 aliphatic heterocycles. The van der Waals surface area contributed by atoms with E-state index in [2.05, 4.69) is 10.6 Å². The number of rotatable bonds is 9. The number of aryl methyl sites for hydroxylation is 1. The molecule has 0 aliphatic rings. The molecule has 0 saturated carbocycles. The van der Waals surface area contributed by atoms with Crippen LogP contribution >= 0.6 is 0 Å². The molecule has 0 saturated heterocycles. The topological polar surface area (TPSA) is 70.7 Å². The molecule has 150 valence electrons. The van der Waals surface area contributed by atoms with Crippen molar-refractivity contribution in [3.8, 4) is 0 Å². The van der Waals surface area contributed by atoms with Crippen LogP contribution < -0.4 is 15.5 Å². The number of carbonyl (C=O) groups excluding carboxylic acids is 2. The first-order valence-electron chi connectivity index (χ1n) is 9.47. The van der Waals surface area contributed by atoms with Gasteiger partial charge in [-0.05, 0) is 50.6 Å². The highest BCUT2D eigenvalue weighted by atomic mass is 16.5. The molecule has 6 nitrogen and oxygen atoms in total. The van der Waals surface area contributed by atoms with E-state index < -0.39 is 0 Å². The zero-order valence-electron chi connectivity index (χ0n) is 17.0. The lowest BCUT2D eigenvalue weighted by Gasteiger charge is -2.18. The third-order valence-corrected chi connectivity index (χ3v) is 4.25. The van der Waals surface area contributed by atoms with E-state index in [9.17, 15) is 9.59 Å². The van der Waals surface area contributed by atoms with Gasteiger partial charge < -0.3 is 20.3 Å². The molecular formula is C22H29N3O3. The standard InChI is InChI=1S/C22H29N3O3/c1-5-28-14-6-13-23-22(27)19-15-18(11-12-20(19)25(3)4)24-21(26)17-9-7-16(2)8-10-17/h7-12,15H,5-6,13-14H2,1-4H3,(H,23,27)(H,24,26). The van der Waals surface area contributed by atoms with Crippen molar-refractivity contribution in [3.05, 3.63) is 59.2 Å². The molecule has 0 aromatic heterocycles. The number of nitrogens with one attached hydrogen (secondary N) is 2. The van der Waals surface area contributed by atoms with Gasteiger partial charge in [0, 0.05) is 50.8 Å². The number of amides is 2. The van der Waals surface area contributed by atoms with Crippen LogP contribution in [0.2, 0.25) is 0 Å². The third kappa shape index (κ3) is 6.09. The number of benzene rings is 2. The first-order valence-corrected chi connectivity index (χ1v) is 9.47. The van der Waals surface area contributed by atoms with Gasteiger partial charge >= 0.3 is 0 Å². The van der Waals surface area contributed by atoms with Gasteiger partial charge in [0.15, 0.2) is 0 Å². The average molecular weight is 383 g/mol. The van der Waals surface area contributed by atoms with Crippen molar-refractivity contribution in [2.24, 2.45) is 0 Å². The molecule has 2 N–H and O–H groups in total. The number of nitrogens with zero attached hydrogens (tertiary/aromatic N) is 1. The molecule has 2 aromatic rings. The lowest BCUT2D eigenvalue weighted by molar-refractivity contribution is 0.0943. The Bertz CT molecular complexity index is 801. The van der Waals surface area contributed by atoms with Crippen LogP contribution in [0.15, 0.2) is 42.5 Å². The predicted octanol–water partition coefficient (Wildman–Crippen LogP) is 3.47. The maximum absolute atomic E-state index is 12.7. The Balaban J connectivity index is 2.12. The SMILES string of the molecule is CCOCCCNC(=O)c1cc(NC(=O)c2ccc(C)cc2)ccc1N(C)C. The maximum atomic E-state index is 12.7. The van der Waals surface area contributed by atoms with E-state index in [1.54, 1.807) is 24.3 Å². The van der Waals surface area contributed by atoms with Crippen LogP contribution in [0.3, 0.4) is 0 Å². The lowest BCUT2D eigenvalue weighted by atomic mass is 10.1. The van der Waals surface area contributed by atoms with Crippen LogP contribution in [0, 0.1) is 6.92 Å². The number of anilines is 2. The molecule has 0 spiro atoms. The monoisotopic (exact) mass is 383 g/mol.